The summed E-state index contributed by atoms with van der Waals surface area (Å²) in [6, 6.07) is 9.78. The SMILES string of the molecule is NS(=O)(=O)NC1CCN(c2ccc(F)cc2NC(=O)c2cn3ccnc3c(-c3ccccc3F)n2)CC1. The molecule has 0 saturated carbocycles. The summed E-state index contributed by atoms with van der Waals surface area (Å²) in [6.07, 6.45) is 5.55. The van der Waals surface area contributed by atoms with E-state index in [1.807, 2.05) is 4.90 Å². The monoisotopic (exact) mass is 527 g/mol. The molecule has 0 spiro atoms. The average Bonchev–Trinajstić information content (AvgIpc) is 3.33. The Balaban J connectivity index is 1.43. The Bertz CT molecular complexity index is 1580. The van der Waals surface area contributed by atoms with Crippen LogP contribution in [-0.4, -0.2) is 47.8 Å². The maximum Gasteiger partial charge on any atom is 0.275 e. The maximum absolute atomic E-state index is 14.5. The second-order valence-corrected chi connectivity index (χ2v) is 9.98. The molecule has 4 aromatic rings. The minimum Gasteiger partial charge on any atom is -0.370 e. The first-order valence-electron chi connectivity index (χ1n) is 11.4. The van der Waals surface area contributed by atoms with E-state index in [0.29, 0.717) is 37.3 Å². The fourth-order valence-electron chi connectivity index (χ4n) is 4.42. The lowest BCUT2D eigenvalue weighted by Crippen LogP contribution is -2.46. The summed E-state index contributed by atoms with van der Waals surface area (Å²) < 4.78 is 55.3. The fraction of sp³-hybridized carbons (Fsp3) is 0.208. The number of halogens is 2. The number of carbonyl (C=O) groups is 1. The molecule has 0 radical (unpaired) electrons. The molecule has 192 valence electrons. The Labute approximate surface area is 211 Å². The molecule has 1 saturated heterocycles. The number of fused-ring (bicyclic) bond motifs is 1. The highest BCUT2D eigenvalue weighted by atomic mass is 32.2. The van der Waals surface area contributed by atoms with Crippen LogP contribution in [0.3, 0.4) is 0 Å². The Morgan fingerprint density at radius 3 is 2.59 bits per heavy atom. The number of rotatable bonds is 6. The first kappa shape index (κ1) is 24.7. The van der Waals surface area contributed by atoms with E-state index in [9.17, 15) is 22.0 Å². The normalized spacial score (nSPS) is 14.7. The van der Waals surface area contributed by atoms with Crippen LogP contribution in [-0.2, 0) is 10.2 Å². The number of amides is 1. The van der Waals surface area contributed by atoms with Crippen LogP contribution in [0.5, 0.6) is 0 Å². The number of anilines is 2. The highest BCUT2D eigenvalue weighted by Gasteiger charge is 2.25. The molecule has 1 fully saturated rings. The first-order chi connectivity index (χ1) is 17.7. The van der Waals surface area contributed by atoms with Gasteiger partial charge in [-0.05, 0) is 43.2 Å². The van der Waals surface area contributed by atoms with Crippen molar-refractivity contribution in [2.24, 2.45) is 5.14 Å². The highest BCUT2D eigenvalue weighted by molar-refractivity contribution is 7.87. The number of hydrogen-bond acceptors (Lipinski definition) is 6. The molecule has 2 aromatic heterocycles. The summed E-state index contributed by atoms with van der Waals surface area (Å²) >= 11 is 0. The van der Waals surface area contributed by atoms with Gasteiger partial charge in [-0.15, -0.1) is 0 Å². The van der Waals surface area contributed by atoms with Crippen molar-refractivity contribution in [1.29, 1.82) is 0 Å². The number of aromatic nitrogens is 3. The average molecular weight is 528 g/mol. The van der Waals surface area contributed by atoms with Gasteiger partial charge in [0.2, 0.25) is 0 Å². The lowest BCUT2D eigenvalue weighted by molar-refractivity contribution is 0.102. The largest absolute Gasteiger partial charge is 0.370 e. The molecule has 1 aliphatic rings. The number of piperidine rings is 1. The minimum absolute atomic E-state index is 0.0185. The van der Waals surface area contributed by atoms with Crippen molar-refractivity contribution in [2.75, 3.05) is 23.3 Å². The number of nitrogens with two attached hydrogens (primary N) is 1. The molecule has 13 heteroatoms. The standard InChI is InChI=1S/C24H23F2N7O3S/c25-15-5-6-21(32-10-7-16(8-11-32)31-37(27,35)36)19(13-15)30-24(34)20-14-33-12-9-28-23(33)22(29-20)17-3-1-2-4-18(17)26/h1-6,9,12-14,16,31H,7-8,10-11H2,(H,30,34)(H2,27,35,36). The Morgan fingerprint density at radius 2 is 1.86 bits per heavy atom. The van der Waals surface area contributed by atoms with Crippen molar-refractivity contribution >= 4 is 33.1 Å². The molecule has 0 unspecified atom stereocenters. The van der Waals surface area contributed by atoms with Crippen LogP contribution < -0.4 is 20.1 Å². The summed E-state index contributed by atoms with van der Waals surface area (Å²) in [5.74, 6) is -1.68. The van der Waals surface area contributed by atoms with Crippen LogP contribution >= 0.6 is 0 Å². The van der Waals surface area contributed by atoms with Crippen molar-refractivity contribution < 1.29 is 22.0 Å². The zero-order valence-corrected chi connectivity index (χ0v) is 20.3. The second kappa shape index (κ2) is 9.84. The third-order valence-electron chi connectivity index (χ3n) is 6.11. The fourth-order valence-corrected chi connectivity index (χ4v) is 5.12. The van der Waals surface area contributed by atoms with Gasteiger partial charge >= 0.3 is 0 Å². The molecule has 4 N–H and O–H groups in total. The Hall–Kier alpha value is -3.94. The van der Waals surface area contributed by atoms with E-state index in [2.05, 4.69) is 20.0 Å². The number of carbonyl (C=O) groups excluding carboxylic acids is 1. The summed E-state index contributed by atoms with van der Waals surface area (Å²) in [7, 11) is -3.82. The van der Waals surface area contributed by atoms with Crippen molar-refractivity contribution in [3.8, 4) is 11.3 Å². The predicted molar refractivity (Wildman–Crippen MR) is 134 cm³/mol. The topological polar surface area (TPSA) is 135 Å². The van der Waals surface area contributed by atoms with Crippen LogP contribution in [0.25, 0.3) is 16.9 Å². The quantitative estimate of drug-likeness (QED) is 0.353. The molecule has 1 aliphatic heterocycles. The zero-order valence-electron chi connectivity index (χ0n) is 19.4. The van der Waals surface area contributed by atoms with E-state index >= 15 is 0 Å². The number of nitrogens with zero attached hydrogens (tertiary/aromatic N) is 4. The highest BCUT2D eigenvalue weighted by Crippen LogP contribution is 2.30. The molecule has 37 heavy (non-hydrogen) atoms. The van der Waals surface area contributed by atoms with Gasteiger partial charge in [0, 0.05) is 43.3 Å². The van der Waals surface area contributed by atoms with E-state index < -0.39 is 27.8 Å². The van der Waals surface area contributed by atoms with Gasteiger partial charge in [0.05, 0.1) is 11.4 Å². The van der Waals surface area contributed by atoms with E-state index in [1.165, 1.54) is 30.6 Å². The van der Waals surface area contributed by atoms with Crippen molar-refractivity contribution in [1.82, 2.24) is 19.1 Å². The Morgan fingerprint density at radius 1 is 1.11 bits per heavy atom. The second-order valence-electron chi connectivity index (χ2n) is 8.65. The van der Waals surface area contributed by atoms with Crippen LogP contribution in [0.1, 0.15) is 23.3 Å². The lowest BCUT2D eigenvalue weighted by atomic mass is 10.0. The number of hydrogen-bond donors (Lipinski definition) is 3. The summed E-state index contributed by atoms with van der Waals surface area (Å²) in [6.45, 7) is 0.913. The van der Waals surface area contributed by atoms with Gasteiger partial charge in [-0.2, -0.15) is 13.1 Å². The van der Waals surface area contributed by atoms with Crippen LogP contribution in [0, 0.1) is 11.6 Å². The maximum atomic E-state index is 14.5. The molecule has 1 amide bonds. The van der Waals surface area contributed by atoms with Gasteiger partial charge in [-0.1, -0.05) is 12.1 Å². The summed E-state index contributed by atoms with van der Waals surface area (Å²) in [5, 5.41) is 7.80. The molecular weight excluding hydrogens is 504 g/mol. The lowest BCUT2D eigenvalue weighted by Gasteiger charge is -2.34. The van der Waals surface area contributed by atoms with Gasteiger partial charge in [-0.3, -0.25) is 4.79 Å². The van der Waals surface area contributed by atoms with E-state index in [4.69, 9.17) is 5.14 Å². The first-order valence-corrected chi connectivity index (χ1v) is 13.0. The van der Waals surface area contributed by atoms with Gasteiger partial charge in [-0.25, -0.2) is 23.9 Å². The smallest absolute Gasteiger partial charge is 0.275 e. The van der Waals surface area contributed by atoms with Crippen LogP contribution in [0.2, 0.25) is 0 Å². The summed E-state index contributed by atoms with van der Waals surface area (Å²) in [4.78, 5) is 23.8. The number of nitrogens with one attached hydrogen (secondary N) is 2. The molecule has 3 heterocycles. The molecule has 10 nitrogen and oxygen atoms in total. The minimum atomic E-state index is -3.82. The van der Waals surface area contributed by atoms with Crippen molar-refractivity contribution in [2.45, 2.75) is 18.9 Å². The van der Waals surface area contributed by atoms with Gasteiger partial charge < -0.3 is 14.6 Å². The molecule has 0 bridgehead atoms. The predicted octanol–water partition coefficient (Wildman–Crippen LogP) is 2.69. The third-order valence-corrected chi connectivity index (χ3v) is 6.77. The molecule has 0 aliphatic carbocycles. The number of benzene rings is 2. The van der Waals surface area contributed by atoms with Gasteiger partial charge in [0.25, 0.3) is 16.1 Å². The van der Waals surface area contributed by atoms with Crippen molar-refractivity contribution in [3.05, 3.63) is 78.4 Å². The molecule has 5 rings (SSSR count). The van der Waals surface area contributed by atoms with Crippen molar-refractivity contribution in [3.63, 3.8) is 0 Å². The van der Waals surface area contributed by atoms with Gasteiger partial charge in [0.15, 0.2) is 5.65 Å². The van der Waals surface area contributed by atoms with E-state index in [-0.39, 0.29) is 28.7 Å². The third kappa shape index (κ3) is 5.43. The summed E-state index contributed by atoms with van der Waals surface area (Å²) in [5.41, 5.74) is 1.54. The molecule has 0 atom stereocenters. The zero-order chi connectivity index (χ0) is 26.2. The van der Waals surface area contributed by atoms with E-state index in [0.717, 1.165) is 0 Å². The van der Waals surface area contributed by atoms with Crippen LogP contribution in [0.15, 0.2) is 61.1 Å². The number of imidazole rings is 1. The molecule has 2 aromatic carbocycles. The van der Waals surface area contributed by atoms with E-state index in [1.54, 1.807) is 34.9 Å². The van der Waals surface area contributed by atoms with Crippen LogP contribution in [0.4, 0.5) is 20.2 Å². The Kier molecular flexibility index (Phi) is 6.58. The van der Waals surface area contributed by atoms with Gasteiger partial charge in [0.1, 0.15) is 23.0 Å². The molecular formula is C24H23F2N7O3S.